The van der Waals surface area contributed by atoms with E-state index in [9.17, 15) is 18.4 Å². The first-order valence-electron chi connectivity index (χ1n) is 13.8. The third-order valence-corrected chi connectivity index (χ3v) is 10.3. The smallest absolute Gasteiger partial charge is 0.325 e. The molecular weight excluding hydrogens is 579 g/mol. The minimum atomic E-state index is -3.00. The van der Waals surface area contributed by atoms with Crippen LogP contribution in [-0.2, 0) is 4.43 Å². The normalized spacial score (nSPS) is 17.5. The summed E-state index contributed by atoms with van der Waals surface area (Å²) in [6.45, 7) is 11.0. The number of rotatable bonds is 6. The largest absolute Gasteiger partial charge is 0.456 e. The molecule has 4 aromatic rings. The van der Waals surface area contributed by atoms with Crippen LogP contribution >= 0.6 is 11.3 Å². The number of likely N-dealkylation sites (tertiary alicyclic amines) is 1. The standard InChI is InChI=1S/C30H36F2N4O4SSi/c1-17-12-18-13-19(8-9-21(18)36(17)27(38)33-7)39-22-10-11-34-20-14-23(41-25(20)22)26(37)35-16-30(31,32)15-24(35)29(5,6)40-42-28(2,3)4/h8-14,24H,15-16,42H2,1-7H3,(H,33,38). The summed E-state index contributed by atoms with van der Waals surface area (Å²) in [5.74, 6) is -2.42. The van der Waals surface area contributed by atoms with Gasteiger partial charge in [-0.2, -0.15) is 0 Å². The fourth-order valence-corrected chi connectivity index (χ4v) is 7.31. The van der Waals surface area contributed by atoms with Gasteiger partial charge in [-0.1, -0.05) is 20.8 Å². The van der Waals surface area contributed by atoms with Crippen LogP contribution < -0.4 is 10.1 Å². The van der Waals surface area contributed by atoms with Crippen LogP contribution in [0.5, 0.6) is 11.5 Å². The number of ether oxygens (including phenoxy) is 1. The third-order valence-electron chi connectivity index (χ3n) is 7.40. The molecule has 1 saturated heterocycles. The molecule has 1 aliphatic heterocycles. The van der Waals surface area contributed by atoms with E-state index in [4.69, 9.17) is 9.16 Å². The lowest BCUT2D eigenvalue weighted by atomic mass is 9.96. The zero-order valence-electron chi connectivity index (χ0n) is 24.9. The molecule has 1 atom stereocenters. The minimum Gasteiger partial charge on any atom is -0.456 e. The van der Waals surface area contributed by atoms with Crippen molar-refractivity contribution in [3.8, 4) is 11.5 Å². The second-order valence-corrected chi connectivity index (χ2v) is 16.3. The first-order valence-corrected chi connectivity index (χ1v) is 15.9. The molecule has 4 heterocycles. The van der Waals surface area contributed by atoms with Gasteiger partial charge in [-0.05, 0) is 56.1 Å². The van der Waals surface area contributed by atoms with Gasteiger partial charge in [-0.25, -0.2) is 13.6 Å². The summed E-state index contributed by atoms with van der Waals surface area (Å²) in [6.07, 6.45) is 1.15. The highest BCUT2D eigenvalue weighted by Crippen LogP contribution is 2.42. The molecule has 3 aromatic heterocycles. The Morgan fingerprint density at radius 3 is 2.57 bits per heavy atom. The topological polar surface area (TPSA) is 85.7 Å². The number of fused-ring (bicyclic) bond motifs is 2. The van der Waals surface area contributed by atoms with Gasteiger partial charge in [-0.3, -0.25) is 14.3 Å². The van der Waals surface area contributed by atoms with Gasteiger partial charge in [0.25, 0.3) is 11.8 Å². The van der Waals surface area contributed by atoms with Gasteiger partial charge >= 0.3 is 6.03 Å². The van der Waals surface area contributed by atoms with E-state index in [2.05, 4.69) is 31.1 Å². The third kappa shape index (κ3) is 5.93. The molecule has 0 spiro atoms. The van der Waals surface area contributed by atoms with Gasteiger partial charge < -0.3 is 19.4 Å². The minimum absolute atomic E-state index is 0.0156. The SMILES string of the molecule is CNC(=O)n1c(C)cc2cc(Oc3ccnc4cc(C(=O)N5CC(F)(F)CC5C(C)(C)O[SiH2]C(C)(C)C)sc34)ccc21. The summed E-state index contributed by atoms with van der Waals surface area (Å²) in [5.41, 5.74) is 1.17. The number of hydrogen-bond acceptors (Lipinski definition) is 6. The molecule has 0 aliphatic carbocycles. The molecule has 1 aliphatic rings. The molecule has 0 bridgehead atoms. The molecule has 1 N–H and O–H groups in total. The maximum absolute atomic E-state index is 14.7. The molecule has 1 unspecified atom stereocenters. The Hall–Kier alpha value is -3.35. The average Bonchev–Trinajstić information content (AvgIpc) is 3.59. The lowest BCUT2D eigenvalue weighted by molar-refractivity contribution is 0.00539. The van der Waals surface area contributed by atoms with Crippen molar-refractivity contribution in [3.05, 3.63) is 53.2 Å². The van der Waals surface area contributed by atoms with Crippen LogP contribution in [-0.4, -0.2) is 67.3 Å². The highest BCUT2D eigenvalue weighted by molar-refractivity contribution is 7.21. The second-order valence-electron chi connectivity index (χ2n) is 12.6. The number of carbonyl (C=O) groups is 2. The van der Waals surface area contributed by atoms with Crippen LogP contribution in [0.2, 0.25) is 5.04 Å². The van der Waals surface area contributed by atoms with E-state index in [-0.39, 0.29) is 11.1 Å². The highest BCUT2D eigenvalue weighted by atomic mass is 32.1. The molecule has 5 rings (SSSR count). The highest BCUT2D eigenvalue weighted by Gasteiger charge is 2.53. The summed E-state index contributed by atoms with van der Waals surface area (Å²) < 4.78 is 44.2. The molecule has 224 valence electrons. The van der Waals surface area contributed by atoms with Crippen molar-refractivity contribution in [1.29, 1.82) is 0 Å². The first-order chi connectivity index (χ1) is 19.6. The molecule has 2 amide bonds. The van der Waals surface area contributed by atoms with Crippen LogP contribution in [0.15, 0.2) is 42.6 Å². The Morgan fingerprint density at radius 2 is 1.88 bits per heavy atom. The van der Waals surface area contributed by atoms with Gasteiger partial charge in [0.2, 0.25) is 0 Å². The molecule has 0 saturated carbocycles. The maximum atomic E-state index is 14.7. The van der Waals surface area contributed by atoms with Gasteiger partial charge in [-0.15, -0.1) is 11.3 Å². The zero-order valence-corrected chi connectivity index (χ0v) is 27.1. The van der Waals surface area contributed by atoms with Crippen molar-refractivity contribution in [2.75, 3.05) is 13.6 Å². The van der Waals surface area contributed by atoms with Gasteiger partial charge in [0.15, 0.2) is 9.76 Å². The van der Waals surface area contributed by atoms with Gasteiger partial charge in [0, 0.05) is 36.8 Å². The molecule has 1 aromatic carbocycles. The predicted octanol–water partition coefficient (Wildman–Crippen LogP) is 6.49. The summed E-state index contributed by atoms with van der Waals surface area (Å²) in [7, 11) is 0.546. The number of hydrogen-bond donors (Lipinski definition) is 1. The van der Waals surface area contributed by atoms with Crippen LogP contribution in [0.4, 0.5) is 13.6 Å². The Balaban J connectivity index is 1.43. The summed E-state index contributed by atoms with van der Waals surface area (Å²) in [4.78, 5) is 32.0. The number of alkyl halides is 2. The number of nitrogens with one attached hydrogen (secondary N) is 1. The van der Waals surface area contributed by atoms with Gasteiger partial charge in [0.1, 0.15) is 11.5 Å². The molecule has 0 radical (unpaired) electrons. The van der Waals surface area contributed by atoms with Gasteiger partial charge in [0.05, 0.1) is 38.8 Å². The molecule has 42 heavy (non-hydrogen) atoms. The summed E-state index contributed by atoms with van der Waals surface area (Å²) in [5, 5.41) is 3.46. The maximum Gasteiger partial charge on any atom is 0.325 e. The number of carbonyl (C=O) groups excluding carboxylic acids is 2. The van der Waals surface area contributed by atoms with E-state index in [1.165, 1.54) is 16.2 Å². The monoisotopic (exact) mass is 614 g/mol. The average molecular weight is 615 g/mol. The Bertz CT molecular complexity index is 1680. The first kappa shape index (κ1) is 30.1. The molecular formula is C30H36F2N4O4SSi. The number of aryl methyl sites for hydroxylation is 1. The molecule has 8 nitrogen and oxygen atoms in total. The number of nitrogens with zero attached hydrogens (tertiary/aromatic N) is 3. The Morgan fingerprint density at radius 1 is 1.14 bits per heavy atom. The van der Waals surface area contributed by atoms with E-state index in [1.54, 1.807) is 49.9 Å². The molecule has 1 fully saturated rings. The fourth-order valence-electron chi connectivity index (χ4n) is 5.30. The van der Waals surface area contributed by atoms with Crippen molar-refractivity contribution in [2.24, 2.45) is 0 Å². The fraction of sp³-hybridized carbons (Fsp3) is 0.433. The Labute approximate surface area is 249 Å². The van der Waals surface area contributed by atoms with Crippen molar-refractivity contribution in [1.82, 2.24) is 19.8 Å². The number of benzene rings is 1. The number of halogens is 2. The number of pyridine rings is 1. The number of thiophene rings is 1. The number of amides is 2. The van der Waals surface area contributed by atoms with Crippen LogP contribution in [0, 0.1) is 6.92 Å². The predicted molar refractivity (Wildman–Crippen MR) is 164 cm³/mol. The van der Waals surface area contributed by atoms with Crippen LogP contribution in [0.25, 0.3) is 21.1 Å². The van der Waals surface area contributed by atoms with Crippen LogP contribution in [0.1, 0.15) is 56.4 Å². The summed E-state index contributed by atoms with van der Waals surface area (Å²) >= 11 is 1.17. The van der Waals surface area contributed by atoms with Crippen molar-refractivity contribution < 1.29 is 27.5 Å². The van der Waals surface area contributed by atoms with Crippen molar-refractivity contribution in [2.45, 2.75) is 70.6 Å². The second kappa shape index (κ2) is 10.7. The van der Waals surface area contributed by atoms with E-state index in [0.717, 1.165) is 16.6 Å². The van der Waals surface area contributed by atoms with E-state index < -0.39 is 46.2 Å². The van der Waals surface area contributed by atoms with Crippen LogP contribution in [0.3, 0.4) is 0 Å². The zero-order chi connectivity index (χ0) is 30.6. The summed E-state index contributed by atoms with van der Waals surface area (Å²) in [6, 6.07) is 9.68. The molecule has 12 heteroatoms. The lowest BCUT2D eigenvalue weighted by Gasteiger charge is -2.39. The lowest BCUT2D eigenvalue weighted by Crippen LogP contribution is -2.50. The quantitative estimate of drug-likeness (QED) is 0.251. The van der Waals surface area contributed by atoms with Crippen molar-refractivity contribution in [3.63, 3.8) is 0 Å². The number of aromatic nitrogens is 2. The van der Waals surface area contributed by atoms with Crippen molar-refractivity contribution >= 4 is 54.2 Å². The van der Waals surface area contributed by atoms with E-state index >= 15 is 0 Å². The van der Waals surface area contributed by atoms with E-state index in [0.29, 0.717) is 26.6 Å². The Kier molecular flexibility index (Phi) is 7.69. The van der Waals surface area contributed by atoms with E-state index in [1.807, 2.05) is 25.1 Å².